The molecule has 0 saturated carbocycles. The van der Waals surface area contributed by atoms with Crippen molar-refractivity contribution in [1.29, 1.82) is 0 Å². The maximum Gasteiger partial charge on any atom is 0.169 e. The van der Waals surface area contributed by atoms with Crippen LogP contribution in [0.15, 0.2) is 30.3 Å². The van der Waals surface area contributed by atoms with E-state index in [0.717, 1.165) is 11.3 Å². The zero-order chi connectivity index (χ0) is 12.4. The van der Waals surface area contributed by atoms with Crippen molar-refractivity contribution in [3.63, 3.8) is 0 Å². The van der Waals surface area contributed by atoms with Gasteiger partial charge in [-0.25, -0.2) is 4.39 Å². The Morgan fingerprint density at radius 2 is 2.06 bits per heavy atom. The summed E-state index contributed by atoms with van der Waals surface area (Å²) in [5.41, 5.74) is 1.01. The van der Waals surface area contributed by atoms with Gasteiger partial charge in [0.25, 0.3) is 0 Å². The molecule has 0 spiro atoms. The summed E-state index contributed by atoms with van der Waals surface area (Å²) in [5.74, 6) is -0.520. The lowest BCUT2D eigenvalue weighted by Gasteiger charge is -2.00. The molecule has 0 aliphatic carbocycles. The van der Waals surface area contributed by atoms with Gasteiger partial charge >= 0.3 is 0 Å². The van der Waals surface area contributed by atoms with Gasteiger partial charge in [0.1, 0.15) is 10.2 Å². The molecule has 0 amide bonds. The minimum atomic E-state index is -0.357. The normalized spacial score (nSPS) is 10.5. The summed E-state index contributed by atoms with van der Waals surface area (Å²) in [7, 11) is 0. The van der Waals surface area contributed by atoms with Gasteiger partial charge in [0, 0.05) is 12.0 Å². The summed E-state index contributed by atoms with van der Waals surface area (Å²) in [6, 6.07) is 7.47. The second kappa shape index (κ2) is 5.17. The molecule has 2 rings (SSSR count). The van der Waals surface area contributed by atoms with Crippen molar-refractivity contribution in [2.45, 2.75) is 6.42 Å². The highest BCUT2D eigenvalue weighted by Crippen LogP contribution is 2.31. The Labute approximate surface area is 112 Å². The molecule has 0 radical (unpaired) electrons. The molecule has 1 aromatic carbocycles. The summed E-state index contributed by atoms with van der Waals surface area (Å²) in [6.45, 7) is 0. The highest BCUT2D eigenvalue weighted by molar-refractivity contribution is 7.20. The maximum absolute atomic E-state index is 12.9. The van der Waals surface area contributed by atoms with Gasteiger partial charge in [-0.3, -0.25) is 4.79 Å². The predicted molar refractivity (Wildman–Crippen MR) is 68.8 cm³/mol. The third-order valence-electron chi connectivity index (χ3n) is 2.21. The van der Waals surface area contributed by atoms with E-state index in [1.165, 1.54) is 18.2 Å². The first-order valence-electron chi connectivity index (χ1n) is 4.79. The van der Waals surface area contributed by atoms with Gasteiger partial charge in [0.2, 0.25) is 0 Å². The standard InChI is InChI=1S/C12H7Cl2FOS/c13-11-6-9(12(14)17-11)10(16)5-7-2-1-3-8(15)4-7/h1-4,6H,5H2. The van der Waals surface area contributed by atoms with Gasteiger partial charge in [-0.15, -0.1) is 11.3 Å². The summed E-state index contributed by atoms with van der Waals surface area (Å²) in [6.07, 6.45) is 0.116. The SMILES string of the molecule is O=C(Cc1cccc(F)c1)c1cc(Cl)sc1Cl. The van der Waals surface area contributed by atoms with Crippen molar-refractivity contribution >= 4 is 40.3 Å². The summed E-state index contributed by atoms with van der Waals surface area (Å²) < 4.78 is 13.8. The number of rotatable bonds is 3. The van der Waals surface area contributed by atoms with Crippen LogP contribution in [0.2, 0.25) is 8.67 Å². The predicted octanol–water partition coefficient (Wildman–Crippen LogP) is 4.62. The van der Waals surface area contributed by atoms with E-state index in [4.69, 9.17) is 23.2 Å². The molecular formula is C12H7Cl2FOS. The first-order valence-corrected chi connectivity index (χ1v) is 6.36. The van der Waals surface area contributed by atoms with Crippen molar-refractivity contribution in [3.05, 3.63) is 55.9 Å². The van der Waals surface area contributed by atoms with Crippen LogP contribution in [0.5, 0.6) is 0 Å². The minimum absolute atomic E-state index is 0.116. The zero-order valence-electron chi connectivity index (χ0n) is 8.54. The Morgan fingerprint density at radius 1 is 1.29 bits per heavy atom. The second-order valence-corrected chi connectivity index (χ2v) is 5.75. The van der Waals surface area contributed by atoms with Crippen molar-refractivity contribution in [3.8, 4) is 0 Å². The Kier molecular flexibility index (Phi) is 3.82. The van der Waals surface area contributed by atoms with E-state index in [-0.39, 0.29) is 18.0 Å². The van der Waals surface area contributed by atoms with E-state index in [9.17, 15) is 9.18 Å². The molecule has 0 fully saturated rings. The largest absolute Gasteiger partial charge is 0.294 e. The van der Waals surface area contributed by atoms with Crippen molar-refractivity contribution < 1.29 is 9.18 Å². The summed E-state index contributed by atoms with van der Waals surface area (Å²) in [5, 5.41) is 0. The van der Waals surface area contributed by atoms with E-state index in [1.54, 1.807) is 12.1 Å². The molecule has 1 nitrogen and oxygen atoms in total. The Hall–Kier alpha value is -0.900. The van der Waals surface area contributed by atoms with Gasteiger partial charge in [0.05, 0.1) is 4.34 Å². The summed E-state index contributed by atoms with van der Waals surface area (Å²) in [4.78, 5) is 11.9. The zero-order valence-corrected chi connectivity index (χ0v) is 10.9. The lowest BCUT2D eigenvalue weighted by atomic mass is 10.1. The van der Waals surface area contributed by atoms with Crippen LogP contribution in [-0.4, -0.2) is 5.78 Å². The van der Waals surface area contributed by atoms with Gasteiger partial charge in [-0.1, -0.05) is 35.3 Å². The Morgan fingerprint density at radius 3 is 2.65 bits per heavy atom. The number of ketones is 1. The molecule has 2 aromatic rings. The van der Waals surface area contributed by atoms with Gasteiger partial charge in [-0.2, -0.15) is 0 Å². The molecule has 0 saturated heterocycles. The summed E-state index contributed by atoms with van der Waals surface area (Å²) >= 11 is 12.8. The number of carbonyl (C=O) groups is 1. The average molecular weight is 289 g/mol. The molecule has 0 atom stereocenters. The van der Waals surface area contributed by atoms with Crippen LogP contribution in [0.1, 0.15) is 15.9 Å². The van der Waals surface area contributed by atoms with Crippen LogP contribution in [0.4, 0.5) is 4.39 Å². The molecule has 0 N–H and O–H groups in total. The topological polar surface area (TPSA) is 17.1 Å². The van der Waals surface area contributed by atoms with Crippen LogP contribution < -0.4 is 0 Å². The number of benzene rings is 1. The van der Waals surface area contributed by atoms with Crippen molar-refractivity contribution in [2.24, 2.45) is 0 Å². The number of thiophene rings is 1. The van der Waals surface area contributed by atoms with Crippen LogP contribution in [0.3, 0.4) is 0 Å². The molecule has 17 heavy (non-hydrogen) atoms. The molecule has 1 aromatic heterocycles. The molecular weight excluding hydrogens is 282 g/mol. The van der Waals surface area contributed by atoms with E-state index >= 15 is 0 Å². The maximum atomic E-state index is 12.9. The Balaban J connectivity index is 2.20. The molecule has 0 unspecified atom stereocenters. The number of hydrogen-bond donors (Lipinski definition) is 0. The molecule has 88 valence electrons. The highest BCUT2D eigenvalue weighted by atomic mass is 35.5. The molecule has 5 heteroatoms. The van der Waals surface area contributed by atoms with Crippen molar-refractivity contribution in [2.75, 3.05) is 0 Å². The second-order valence-electron chi connectivity index (χ2n) is 3.47. The fraction of sp³-hybridized carbons (Fsp3) is 0.0833. The Bertz CT molecular complexity index is 565. The number of hydrogen-bond acceptors (Lipinski definition) is 2. The van der Waals surface area contributed by atoms with Crippen LogP contribution in [-0.2, 0) is 6.42 Å². The van der Waals surface area contributed by atoms with E-state index < -0.39 is 0 Å². The van der Waals surface area contributed by atoms with Crippen molar-refractivity contribution in [1.82, 2.24) is 0 Å². The van der Waals surface area contributed by atoms with Gasteiger partial charge in [-0.05, 0) is 23.8 Å². The number of Topliss-reactive ketones (excluding diaryl/α,β-unsaturated/α-hetero) is 1. The quantitative estimate of drug-likeness (QED) is 0.753. The third-order valence-corrected chi connectivity index (χ3v) is 3.70. The van der Waals surface area contributed by atoms with Crippen LogP contribution in [0, 0.1) is 5.82 Å². The smallest absolute Gasteiger partial charge is 0.169 e. The van der Waals surface area contributed by atoms with E-state index in [1.807, 2.05) is 0 Å². The minimum Gasteiger partial charge on any atom is -0.294 e. The van der Waals surface area contributed by atoms with Crippen LogP contribution >= 0.6 is 34.5 Å². The lowest BCUT2D eigenvalue weighted by Crippen LogP contribution is -2.02. The molecule has 0 bridgehead atoms. The lowest BCUT2D eigenvalue weighted by molar-refractivity contribution is 0.0993. The highest BCUT2D eigenvalue weighted by Gasteiger charge is 2.14. The van der Waals surface area contributed by atoms with Crippen LogP contribution in [0.25, 0.3) is 0 Å². The molecule has 0 aliphatic rings. The van der Waals surface area contributed by atoms with Gasteiger partial charge in [0.15, 0.2) is 5.78 Å². The number of carbonyl (C=O) groups excluding carboxylic acids is 1. The first kappa shape index (κ1) is 12.6. The fourth-order valence-electron chi connectivity index (χ4n) is 1.46. The first-order chi connectivity index (χ1) is 8.06. The number of halogens is 3. The third kappa shape index (κ3) is 3.06. The monoisotopic (exact) mass is 288 g/mol. The van der Waals surface area contributed by atoms with Gasteiger partial charge < -0.3 is 0 Å². The fourth-order valence-corrected chi connectivity index (χ4v) is 2.96. The average Bonchev–Trinajstić information content (AvgIpc) is 2.58. The van der Waals surface area contributed by atoms with E-state index in [0.29, 0.717) is 19.8 Å². The van der Waals surface area contributed by atoms with E-state index in [2.05, 4.69) is 0 Å². The molecule has 0 aliphatic heterocycles. The molecule has 1 heterocycles.